The molecule has 5 rings (SSSR count). The number of imidazole rings is 1. The van der Waals surface area contributed by atoms with Gasteiger partial charge in [0.15, 0.2) is 5.65 Å². The summed E-state index contributed by atoms with van der Waals surface area (Å²) in [6.45, 7) is 2.28. The summed E-state index contributed by atoms with van der Waals surface area (Å²) in [6, 6.07) is 8.16. The smallest absolute Gasteiger partial charge is 0.225 e. The number of hydrogen-bond acceptors (Lipinski definition) is 5. The molecule has 30 heavy (non-hydrogen) atoms. The molecule has 0 spiro atoms. The van der Waals surface area contributed by atoms with Crippen LogP contribution in [0.5, 0.6) is 0 Å². The number of aromatic nitrogens is 4. The minimum absolute atomic E-state index is 0.0885. The van der Waals surface area contributed by atoms with Crippen LogP contribution in [-0.2, 0) is 0 Å². The van der Waals surface area contributed by atoms with Crippen LogP contribution in [0.2, 0.25) is 5.02 Å². The van der Waals surface area contributed by atoms with Crippen molar-refractivity contribution in [1.82, 2.24) is 19.5 Å². The Morgan fingerprint density at radius 2 is 1.87 bits per heavy atom. The third kappa shape index (κ3) is 3.97. The van der Waals surface area contributed by atoms with Gasteiger partial charge in [0, 0.05) is 22.3 Å². The third-order valence-corrected chi connectivity index (χ3v) is 6.81. The van der Waals surface area contributed by atoms with E-state index in [9.17, 15) is 0 Å². The summed E-state index contributed by atoms with van der Waals surface area (Å²) in [5, 5.41) is 7.79. The first-order valence-electron chi connectivity index (χ1n) is 11.2. The van der Waals surface area contributed by atoms with Crippen molar-refractivity contribution in [3.8, 4) is 0 Å². The Bertz CT molecular complexity index is 1030. The molecule has 0 aliphatic heterocycles. The van der Waals surface area contributed by atoms with E-state index in [0.29, 0.717) is 17.0 Å². The van der Waals surface area contributed by atoms with E-state index in [2.05, 4.69) is 27.1 Å². The highest BCUT2D eigenvalue weighted by Crippen LogP contribution is 2.36. The molecule has 2 N–H and O–H groups in total. The van der Waals surface area contributed by atoms with Crippen molar-refractivity contribution in [2.45, 2.75) is 76.3 Å². The van der Waals surface area contributed by atoms with Gasteiger partial charge in [0.25, 0.3) is 0 Å². The maximum absolute atomic E-state index is 6.20. The average molecular weight is 425 g/mol. The molecule has 6 nitrogen and oxygen atoms in total. The summed E-state index contributed by atoms with van der Waals surface area (Å²) in [5.41, 5.74) is 2.75. The lowest BCUT2D eigenvalue weighted by atomic mass is 9.95. The quantitative estimate of drug-likeness (QED) is 0.491. The molecule has 0 radical (unpaired) electrons. The predicted molar refractivity (Wildman–Crippen MR) is 123 cm³/mol. The van der Waals surface area contributed by atoms with Gasteiger partial charge in [0.2, 0.25) is 11.9 Å². The zero-order valence-electron chi connectivity index (χ0n) is 17.5. The van der Waals surface area contributed by atoms with E-state index in [1.54, 1.807) is 0 Å². The van der Waals surface area contributed by atoms with Crippen LogP contribution in [0.3, 0.4) is 0 Å². The summed E-state index contributed by atoms with van der Waals surface area (Å²) in [7, 11) is 0. The Balaban J connectivity index is 1.54. The number of nitrogens with one attached hydrogen (secondary N) is 2. The van der Waals surface area contributed by atoms with E-state index in [-0.39, 0.29) is 5.54 Å². The second kappa shape index (κ2) is 8.06. The van der Waals surface area contributed by atoms with Crippen LogP contribution in [0.4, 0.5) is 17.6 Å². The van der Waals surface area contributed by atoms with Gasteiger partial charge in [-0.2, -0.15) is 4.98 Å². The first-order valence-corrected chi connectivity index (χ1v) is 11.5. The number of halogens is 1. The number of fused-ring (bicyclic) bond motifs is 1. The Morgan fingerprint density at radius 3 is 2.63 bits per heavy atom. The summed E-state index contributed by atoms with van der Waals surface area (Å²) in [6.07, 6.45) is 12.8. The van der Waals surface area contributed by atoms with Crippen molar-refractivity contribution < 1.29 is 0 Å². The molecule has 2 aromatic heterocycles. The van der Waals surface area contributed by atoms with Crippen molar-refractivity contribution in [2.75, 3.05) is 10.6 Å². The predicted octanol–water partition coefficient (Wildman–Crippen LogP) is 6.47. The molecule has 0 saturated heterocycles. The van der Waals surface area contributed by atoms with Crippen molar-refractivity contribution in [3.63, 3.8) is 0 Å². The molecule has 0 unspecified atom stereocenters. The molecule has 158 valence electrons. The molecular weight excluding hydrogens is 396 g/mol. The monoisotopic (exact) mass is 424 g/mol. The van der Waals surface area contributed by atoms with Crippen LogP contribution in [0.1, 0.15) is 70.8 Å². The highest BCUT2D eigenvalue weighted by molar-refractivity contribution is 6.30. The lowest BCUT2D eigenvalue weighted by Gasteiger charge is -2.26. The highest BCUT2D eigenvalue weighted by atomic mass is 35.5. The lowest BCUT2D eigenvalue weighted by Crippen LogP contribution is -2.31. The minimum atomic E-state index is 0.0885. The summed E-state index contributed by atoms with van der Waals surface area (Å²) >= 11 is 6.20. The Labute approximate surface area is 182 Å². The number of nitrogens with zero attached hydrogens (tertiary/aromatic N) is 4. The molecule has 3 aromatic rings. The first-order chi connectivity index (χ1) is 14.6. The lowest BCUT2D eigenvalue weighted by molar-refractivity contribution is 0.361. The van der Waals surface area contributed by atoms with Crippen molar-refractivity contribution in [1.29, 1.82) is 0 Å². The second-order valence-corrected chi connectivity index (χ2v) is 9.46. The maximum atomic E-state index is 6.20. The largest absolute Gasteiger partial charge is 0.349 e. The van der Waals surface area contributed by atoms with E-state index in [1.165, 1.54) is 32.1 Å². The molecule has 2 saturated carbocycles. The van der Waals surface area contributed by atoms with Crippen molar-refractivity contribution >= 4 is 40.3 Å². The molecule has 0 bridgehead atoms. The van der Waals surface area contributed by atoms with E-state index in [0.717, 1.165) is 48.5 Å². The molecular formula is C23H29ClN6. The second-order valence-electron chi connectivity index (χ2n) is 9.03. The van der Waals surface area contributed by atoms with Crippen LogP contribution in [-0.4, -0.2) is 25.1 Å². The van der Waals surface area contributed by atoms with Crippen LogP contribution in [0.15, 0.2) is 30.5 Å². The summed E-state index contributed by atoms with van der Waals surface area (Å²) in [5.74, 6) is 1.52. The molecule has 7 heteroatoms. The number of anilines is 3. The van der Waals surface area contributed by atoms with Gasteiger partial charge in [-0.1, -0.05) is 49.8 Å². The first kappa shape index (κ1) is 19.6. The van der Waals surface area contributed by atoms with Crippen LogP contribution in [0.25, 0.3) is 11.2 Å². The number of rotatable bonds is 5. The fourth-order valence-corrected chi connectivity index (χ4v) is 5.16. The standard InChI is InChI=1S/C23H29ClN6/c1-23(12-5-6-13-23)29-21-25-15-19-20(28-21)30(18-10-3-2-4-11-18)22(27-19)26-17-9-7-8-16(24)14-17/h7-9,14-15,18H,2-6,10-13H2,1H3,(H,26,27)(H,25,28,29). The van der Waals surface area contributed by atoms with Gasteiger partial charge in [0.05, 0.1) is 6.20 Å². The van der Waals surface area contributed by atoms with Crippen molar-refractivity contribution in [2.24, 2.45) is 0 Å². The van der Waals surface area contributed by atoms with E-state index >= 15 is 0 Å². The van der Waals surface area contributed by atoms with Crippen LogP contribution in [0, 0.1) is 0 Å². The van der Waals surface area contributed by atoms with Gasteiger partial charge in [-0.05, 0) is 50.8 Å². The summed E-state index contributed by atoms with van der Waals surface area (Å²) in [4.78, 5) is 14.4. The Hall–Kier alpha value is -2.34. The van der Waals surface area contributed by atoms with Crippen molar-refractivity contribution in [3.05, 3.63) is 35.5 Å². The van der Waals surface area contributed by atoms with Gasteiger partial charge >= 0.3 is 0 Å². The van der Waals surface area contributed by atoms with Gasteiger partial charge in [-0.3, -0.25) is 4.57 Å². The molecule has 2 fully saturated rings. The SMILES string of the molecule is CC1(Nc2ncc3nc(Nc4cccc(Cl)c4)n(C4CCCCC4)c3n2)CCCC1. The van der Waals surface area contributed by atoms with Crippen LogP contribution >= 0.6 is 11.6 Å². The molecule has 2 heterocycles. The zero-order chi connectivity index (χ0) is 20.6. The van der Waals surface area contributed by atoms with E-state index in [1.807, 2.05) is 30.5 Å². The molecule has 2 aliphatic rings. The Kier molecular flexibility index (Phi) is 5.27. The number of benzene rings is 1. The van der Waals surface area contributed by atoms with E-state index in [4.69, 9.17) is 21.6 Å². The normalized spacial score (nSPS) is 19.3. The van der Waals surface area contributed by atoms with Crippen LogP contribution < -0.4 is 10.6 Å². The van der Waals surface area contributed by atoms with Gasteiger partial charge < -0.3 is 10.6 Å². The molecule has 0 atom stereocenters. The fourth-order valence-electron chi connectivity index (χ4n) is 4.97. The summed E-state index contributed by atoms with van der Waals surface area (Å²) < 4.78 is 2.29. The molecule has 2 aliphatic carbocycles. The van der Waals surface area contributed by atoms with Gasteiger partial charge in [-0.25, -0.2) is 9.97 Å². The zero-order valence-corrected chi connectivity index (χ0v) is 18.3. The van der Waals surface area contributed by atoms with Gasteiger partial charge in [-0.15, -0.1) is 0 Å². The number of hydrogen-bond donors (Lipinski definition) is 2. The maximum Gasteiger partial charge on any atom is 0.225 e. The topological polar surface area (TPSA) is 67.7 Å². The van der Waals surface area contributed by atoms with E-state index < -0.39 is 0 Å². The Morgan fingerprint density at radius 1 is 1.07 bits per heavy atom. The molecule has 0 amide bonds. The fraction of sp³-hybridized carbons (Fsp3) is 0.522. The third-order valence-electron chi connectivity index (χ3n) is 6.57. The average Bonchev–Trinajstić information content (AvgIpc) is 3.31. The minimum Gasteiger partial charge on any atom is -0.349 e. The molecule has 1 aromatic carbocycles. The highest BCUT2D eigenvalue weighted by Gasteiger charge is 2.30. The van der Waals surface area contributed by atoms with Gasteiger partial charge in [0.1, 0.15) is 5.52 Å².